The van der Waals surface area contributed by atoms with Crippen LogP contribution < -0.4 is 9.47 Å². The number of carboxylic acids is 2. The quantitative estimate of drug-likeness (QED) is 0.189. The molecule has 0 atom stereocenters. The van der Waals surface area contributed by atoms with E-state index in [1.165, 1.54) is 0 Å². The lowest BCUT2D eigenvalue weighted by Gasteiger charge is -2.25. The lowest BCUT2D eigenvalue weighted by molar-refractivity contribution is -0.140. The van der Waals surface area contributed by atoms with Gasteiger partial charge >= 0.3 is 11.9 Å². The van der Waals surface area contributed by atoms with Crippen molar-refractivity contribution in [2.24, 2.45) is 0 Å². The molecule has 0 radical (unpaired) electrons. The molecule has 6 aromatic rings. The molecule has 6 aromatic carbocycles. The van der Waals surface area contributed by atoms with Gasteiger partial charge in [0.2, 0.25) is 0 Å². The molecule has 0 bridgehead atoms. The van der Waals surface area contributed by atoms with Gasteiger partial charge in [0.15, 0.2) is 13.2 Å². The highest BCUT2D eigenvalue weighted by atomic mass is 16.5. The van der Waals surface area contributed by atoms with Crippen LogP contribution in [0.1, 0.15) is 0 Å². The third-order valence-corrected chi connectivity index (χ3v) is 7.13. The van der Waals surface area contributed by atoms with Crippen LogP contribution >= 0.6 is 0 Å². The number of carbonyl (C=O) groups is 2. The molecule has 0 spiro atoms. The maximum absolute atomic E-state index is 11.9. The molecule has 206 valence electrons. The summed E-state index contributed by atoms with van der Waals surface area (Å²) in [5.74, 6) is -1.49. The Labute approximate surface area is 242 Å². The van der Waals surface area contributed by atoms with Crippen molar-refractivity contribution in [3.05, 3.63) is 121 Å². The first kappa shape index (κ1) is 26.6. The van der Waals surface area contributed by atoms with Gasteiger partial charge in [-0.3, -0.25) is 0 Å². The molecule has 0 amide bonds. The van der Waals surface area contributed by atoms with Crippen molar-refractivity contribution >= 4 is 33.5 Å². The number of hydrogen-bond acceptors (Lipinski definition) is 4. The minimum atomic E-state index is -1.12. The van der Waals surface area contributed by atoms with Gasteiger partial charge in [-0.1, -0.05) is 115 Å². The second-order valence-corrected chi connectivity index (χ2v) is 9.76. The molecule has 6 heteroatoms. The van der Waals surface area contributed by atoms with E-state index in [0.29, 0.717) is 22.6 Å². The maximum Gasteiger partial charge on any atom is 0.341 e. The lowest BCUT2D eigenvalue weighted by Crippen LogP contribution is -2.12. The largest absolute Gasteiger partial charge is 0.481 e. The number of ether oxygens (including phenoxy) is 2. The van der Waals surface area contributed by atoms with Crippen LogP contribution in [0.3, 0.4) is 0 Å². The monoisotopic (exact) mass is 554 g/mol. The van der Waals surface area contributed by atoms with Gasteiger partial charge in [0.05, 0.1) is 0 Å². The van der Waals surface area contributed by atoms with Crippen LogP contribution in [0, 0.1) is 0 Å². The normalized spacial score (nSPS) is 11.0. The molecular weight excluding hydrogens is 528 g/mol. The van der Waals surface area contributed by atoms with Gasteiger partial charge in [-0.2, -0.15) is 0 Å². The van der Waals surface area contributed by atoms with Crippen molar-refractivity contribution in [2.75, 3.05) is 13.2 Å². The highest BCUT2D eigenvalue weighted by Crippen LogP contribution is 2.53. The third-order valence-electron chi connectivity index (χ3n) is 7.13. The zero-order valence-corrected chi connectivity index (χ0v) is 22.5. The van der Waals surface area contributed by atoms with Gasteiger partial charge in [0.25, 0.3) is 0 Å². The number of fused-ring (bicyclic) bond motifs is 2. The molecule has 0 saturated heterocycles. The number of aliphatic carboxylic acids is 2. The van der Waals surface area contributed by atoms with Crippen LogP contribution in [0.25, 0.3) is 54.9 Å². The molecule has 0 saturated carbocycles. The molecular formula is C36H26O6. The fraction of sp³-hybridized carbons (Fsp3) is 0.0556. The average molecular weight is 555 g/mol. The van der Waals surface area contributed by atoms with E-state index in [2.05, 4.69) is 0 Å². The van der Waals surface area contributed by atoms with Crippen LogP contribution in [-0.4, -0.2) is 35.4 Å². The number of benzene rings is 6. The molecule has 2 N–H and O–H groups in total. The molecule has 0 aromatic heterocycles. The van der Waals surface area contributed by atoms with Crippen molar-refractivity contribution in [3.63, 3.8) is 0 Å². The van der Waals surface area contributed by atoms with E-state index in [-0.39, 0.29) is 0 Å². The maximum atomic E-state index is 11.9. The van der Waals surface area contributed by atoms with Gasteiger partial charge in [0, 0.05) is 22.3 Å². The predicted molar refractivity (Wildman–Crippen MR) is 164 cm³/mol. The van der Waals surface area contributed by atoms with Gasteiger partial charge in [-0.05, 0) is 38.7 Å². The lowest BCUT2D eigenvalue weighted by atomic mass is 9.83. The highest BCUT2D eigenvalue weighted by molar-refractivity contribution is 6.18. The summed E-state index contributed by atoms with van der Waals surface area (Å²) in [5, 5.41) is 22.7. The van der Waals surface area contributed by atoms with E-state index in [4.69, 9.17) is 9.47 Å². The second kappa shape index (κ2) is 11.5. The van der Waals surface area contributed by atoms with Crippen molar-refractivity contribution in [1.29, 1.82) is 0 Å². The van der Waals surface area contributed by atoms with E-state index < -0.39 is 25.2 Å². The molecule has 0 aliphatic rings. The summed E-state index contributed by atoms with van der Waals surface area (Å²) in [6.45, 7) is -1.11. The van der Waals surface area contributed by atoms with E-state index >= 15 is 0 Å². The molecule has 0 heterocycles. The van der Waals surface area contributed by atoms with Gasteiger partial charge in [-0.25, -0.2) is 9.59 Å². The van der Waals surface area contributed by atoms with E-state index in [9.17, 15) is 19.8 Å². The fourth-order valence-corrected chi connectivity index (χ4v) is 5.50. The van der Waals surface area contributed by atoms with Crippen LogP contribution in [-0.2, 0) is 9.59 Å². The standard InChI is InChI=1S/C36H26O6/c37-30(38)21-41-29-20-19-23-11-7-8-16-26(23)34(29)35-28-18-10-9-17-27(28)32(24-12-3-1-4-13-24)33(25-14-5-2-6-15-25)36(35)42-22-31(39)40/h1-20H,21-22H2,(H,37,38)(H,39,40). The van der Waals surface area contributed by atoms with Crippen LogP contribution in [0.2, 0.25) is 0 Å². The van der Waals surface area contributed by atoms with E-state index in [1.54, 1.807) is 6.07 Å². The minimum Gasteiger partial charge on any atom is -0.481 e. The summed E-state index contributed by atoms with van der Waals surface area (Å²) in [7, 11) is 0. The predicted octanol–water partition coefficient (Wildman–Crippen LogP) is 7.92. The fourth-order valence-electron chi connectivity index (χ4n) is 5.50. The van der Waals surface area contributed by atoms with Crippen LogP contribution in [0.5, 0.6) is 11.5 Å². The number of rotatable bonds is 9. The van der Waals surface area contributed by atoms with Gasteiger partial charge < -0.3 is 19.7 Å². The Morgan fingerprint density at radius 2 is 0.976 bits per heavy atom. The first-order valence-corrected chi connectivity index (χ1v) is 13.4. The summed E-state index contributed by atoms with van der Waals surface area (Å²) in [6, 6.07) is 38.9. The topological polar surface area (TPSA) is 93.1 Å². The van der Waals surface area contributed by atoms with Gasteiger partial charge in [-0.15, -0.1) is 0 Å². The summed E-state index contributed by atoms with van der Waals surface area (Å²) in [5.41, 5.74) is 4.67. The molecule has 0 aliphatic heterocycles. The summed E-state index contributed by atoms with van der Waals surface area (Å²) in [4.78, 5) is 23.5. The smallest absolute Gasteiger partial charge is 0.341 e. The highest BCUT2D eigenvalue weighted by Gasteiger charge is 2.27. The van der Waals surface area contributed by atoms with Crippen LogP contribution in [0.15, 0.2) is 121 Å². The van der Waals surface area contributed by atoms with Gasteiger partial charge in [0.1, 0.15) is 11.5 Å². The Hall–Kier alpha value is -5.62. The zero-order valence-electron chi connectivity index (χ0n) is 22.5. The summed E-state index contributed by atoms with van der Waals surface area (Å²) < 4.78 is 12.1. The first-order chi connectivity index (χ1) is 20.5. The Morgan fingerprint density at radius 3 is 1.60 bits per heavy atom. The molecule has 6 nitrogen and oxygen atoms in total. The SMILES string of the molecule is O=C(O)COc1ccc2ccccc2c1-c1c(OCC(=O)O)c(-c2ccccc2)c(-c2ccccc2)c2ccccc12. The van der Waals surface area contributed by atoms with Crippen molar-refractivity contribution in [1.82, 2.24) is 0 Å². The van der Waals surface area contributed by atoms with Crippen molar-refractivity contribution < 1.29 is 29.3 Å². The van der Waals surface area contributed by atoms with Crippen molar-refractivity contribution in [3.8, 4) is 44.9 Å². The zero-order chi connectivity index (χ0) is 29.1. The molecule has 42 heavy (non-hydrogen) atoms. The summed E-state index contributed by atoms with van der Waals surface area (Å²) >= 11 is 0. The van der Waals surface area contributed by atoms with Crippen LogP contribution in [0.4, 0.5) is 0 Å². The molecule has 6 rings (SSSR count). The molecule has 0 unspecified atom stereocenters. The molecule has 0 fully saturated rings. The first-order valence-electron chi connectivity index (χ1n) is 13.4. The molecule has 0 aliphatic carbocycles. The average Bonchev–Trinajstić information content (AvgIpc) is 3.02. The van der Waals surface area contributed by atoms with E-state index in [0.717, 1.165) is 43.8 Å². The third kappa shape index (κ3) is 5.02. The van der Waals surface area contributed by atoms with Crippen molar-refractivity contribution in [2.45, 2.75) is 0 Å². The second-order valence-electron chi connectivity index (χ2n) is 9.76. The Morgan fingerprint density at radius 1 is 0.476 bits per heavy atom. The Bertz CT molecular complexity index is 1930. The Kier molecular flexibility index (Phi) is 7.26. The Balaban J connectivity index is 1.84. The van der Waals surface area contributed by atoms with E-state index in [1.807, 2.05) is 115 Å². The summed E-state index contributed by atoms with van der Waals surface area (Å²) in [6.07, 6.45) is 0. The number of carboxylic acid groups (broad SMARTS) is 2. The number of hydrogen-bond donors (Lipinski definition) is 2. The minimum absolute atomic E-state index is 0.355.